The Morgan fingerprint density at radius 2 is 1.90 bits per heavy atom. The van der Waals surface area contributed by atoms with Crippen LogP contribution in [0.2, 0.25) is 5.02 Å². The zero-order valence-electron chi connectivity index (χ0n) is 12.3. The molecule has 0 aliphatic carbocycles. The predicted octanol–water partition coefficient (Wildman–Crippen LogP) is 2.95. The second-order valence-corrected chi connectivity index (χ2v) is 6.83. The first-order valence-corrected chi connectivity index (χ1v) is 7.00. The Hall–Kier alpha value is -1.26. The van der Waals surface area contributed by atoms with Crippen molar-refractivity contribution in [3.05, 3.63) is 29.3 Å². The maximum Gasteiger partial charge on any atom is 0.246 e. The van der Waals surface area contributed by atoms with Crippen LogP contribution in [0.4, 0.5) is 5.69 Å². The first-order valence-electron chi connectivity index (χ1n) is 6.62. The number of nitrogens with two attached hydrogens (primary N) is 1. The number of anilines is 1. The van der Waals surface area contributed by atoms with Crippen LogP contribution in [0.3, 0.4) is 0 Å². The number of amides is 1. The smallest absolute Gasteiger partial charge is 0.246 e. The van der Waals surface area contributed by atoms with Crippen molar-refractivity contribution in [3.63, 3.8) is 0 Å². The first kappa shape index (κ1) is 15.1. The van der Waals surface area contributed by atoms with E-state index in [2.05, 4.69) is 5.32 Å². The summed E-state index contributed by atoms with van der Waals surface area (Å²) in [4.78, 5) is 12.2. The largest absolute Gasteiger partial charge is 0.368 e. The summed E-state index contributed by atoms with van der Waals surface area (Å²) in [6.45, 7) is 7.65. The quantitative estimate of drug-likeness (QED) is 0.901. The lowest BCUT2D eigenvalue weighted by Gasteiger charge is -2.38. The van der Waals surface area contributed by atoms with Gasteiger partial charge >= 0.3 is 0 Å². The molecule has 2 rings (SSSR count). The lowest BCUT2D eigenvalue weighted by atomic mass is 9.78. The molecule has 1 unspecified atom stereocenters. The molecule has 3 N–H and O–H groups in total. The fraction of sp³-hybridized carbons (Fsp3) is 0.533. The Morgan fingerprint density at radius 1 is 1.30 bits per heavy atom. The molecular formula is C15H21ClN2O2. The van der Waals surface area contributed by atoms with Gasteiger partial charge in [0, 0.05) is 6.42 Å². The molecule has 1 aromatic carbocycles. The van der Waals surface area contributed by atoms with E-state index in [1.807, 2.05) is 45.9 Å². The summed E-state index contributed by atoms with van der Waals surface area (Å²) < 4.78 is 6.02. The van der Waals surface area contributed by atoms with Gasteiger partial charge in [-0.1, -0.05) is 23.7 Å². The minimum absolute atomic E-state index is 0.437. The van der Waals surface area contributed by atoms with Gasteiger partial charge in [0.05, 0.1) is 21.9 Å². The molecule has 0 bridgehead atoms. The van der Waals surface area contributed by atoms with Gasteiger partial charge < -0.3 is 15.8 Å². The van der Waals surface area contributed by atoms with Crippen LogP contribution < -0.4 is 11.1 Å². The van der Waals surface area contributed by atoms with E-state index in [0.29, 0.717) is 17.1 Å². The van der Waals surface area contributed by atoms with Gasteiger partial charge in [0.2, 0.25) is 5.91 Å². The third-order valence-electron chi connectivity index (χ3n) is 3.89. The molecule has 1 aliphatic rings. The molecule has 0 spiro atoms. The van der Waals surface area contributed by atoms with Crippen LogP contribution in [0.5, 0.6) is 0 Å². The van der Waals surface area contributed by atoms with E-state index in [-0.39, 0.29) is 0 Å². The number of para-hydroxylation sites is 1. The molecule has 5 heteroatoms. The average molecular weight is 297 g/mol. The van der Waals surface area contributed by atoms with Crippen molar-refractivity contribution in [1.29, 1.82) is 0 Å². The van der Waals surface area contributed by atoms with Crippen molar-refractivity contribution >= 4 is 23.2 Å². The van der Waals surface area contributed by atoms with Crippen molar-refractivity contribution in [1.82, 2.24) is 0 Å². The Bertz CT molecular complexity index is 542. The average Bonchev–Trinajstić information content (AvgIpc) is 2.47. The molecule has 1 fully saturated rings. The highest BCUT2D eigenvalue weighted by Gasteiger charge is 2.61. The van der Waals surface area contributed by atoms with Crippen LogP contribution in [0.15, 0.2) is 24.3 Å². The lowest BCUT2D eigenvalue weighted by molar-refractivity contribution is -0.129. The maximum atomic E-state index is 12.2. The number of hydrogen-bond acceptors (Lipinski definition) is 3. The Balaban J connectivity index is 2.47. The number of rotatable bonds is 3. The highest BCUT2D eigenvalue weighted by molar-refractivity contribution is 6.33. The van der Waals surface area contributed by atoms with E-state index in [1.54, 1.807) is 6.07 Å². The highest BCUT2D eigenvalue weighted by Crippen LogP contribution is 2.47. The predicted molar refractivity (Wildman–Crippen MR) is 80.9 cm³/mol. The van der Waals surface area contributed by atoms with Crippen molar-refractivity contribution in [2.75, 3.05) is 5.32 Å². The lowest BCUT2D eigenvalue weighted by Crippen LogP contribution is -2.61. The summed E-state index contributed by atoms with van der Waals surface area (Å²) in [6, 6.07) is 7.29. The van der Waals surface area contributed by atoms with Crippen molar-refractivity contribution in [2.45, 2.75) is 50.9 Å². The standard InChI is InChI=1S/C15H21ClN2O2/c1-13(2)9-15(12(17)19,14(3,4)20-13)18-11-8-6-5-7-10(11)16/h5-8,18H,9H2,1-4H3,(H2,17,19). The summed E-state index contributed by atoms with van der Waals surface area (Å²) in [7, 11) is 0. The topological polar surface area (TPSA) is 64.3 Å². The SMILES string of the molecule is CC1(C)CC(Nc2ccccc2Cl)(C(N)=O)C(C)(C)O1. The normalized spacial score (nSPS) is 27.2. The number of ether oxygens (including phenoxy) is 1. The van der Waals surface area contributed by atoms with Gasteiger partial charge in [-0.3, -0.25) is 4.79 Å². The molecule has 0 radical (unpaired) electrons. The van der Waals surface area contributed by atoms with Gasteiger partial charge in [-0.2, -0.15) is 0 Å². The Labute approximate surface area is 124 Å². The zero-order chi connectivity index (χ0) is 15.2. The molecule has 1 amide bonds. The highest BCUT2D eigenvalue weighted by atomic mass is 35.5. The molecule has 20 heavy (non-hydrogen) atoms. The second-order valence-electron chi connectivity index (χ2n) is 6.42. The van der Waals surface area contributed by atoms with Gasteiger partial charge in [-0.15, -0.1) is 0 Å². The summed E-state index contributed by atoms with van der Waals surface area (Å²) in [5, 5.41) is 3.79. The molecular weight excluding hydrogens is 276 g/mol. The zero-order valence-corrected chi connectivity index (χ0v) is 13.0. The van der Waals surface area contributed by atoms with Crippen molar-refractivity contribution in [2.24, 2.45) is 5.73 Å². The van der Waals surface area contributed by atoms with E-state index in [1.165, 1.54) is 0 Å². The number of carbonyl (C=O) groups excluding carboxylic acids is 1. The fourth-order valence-corrected chi connectivity index (χ4v) is 3.28. The number of carbonyl (C=O) groups is 1. The summed E-state index contributed by atoms with van der Waals surface area (Å²) in [5.74, 6) is -0.437. The van der Waals surface area contributed by atoms with Gasteiger partial charge in [-0.05, 0) is 39.8 Å². The third kappa shape index (κ3) is 2.38. The number of nitrogens with one attached hydrogen (secondary N) is 1. The van der Waals surface area contributed by atoms with Gasteiger partial charge in [-0.25, -0.2) is 0 Å². The van der Waals surface area contributed by atoms with Crippen LogP contribution in [-0.2, 0) is 9.53 Å². The van der Waals surface area contributed by atoms with E-state index in [0.717, 1.165) is 0 Å². The minimum Gasteiger partial charge on any atom is -0.368 e. The van der Waals surface area contributed by atoms with Crippen molar-refractivity contribution < 1.29 is 9.53 Å². The van der Waals surface area contributed by atoms with Crippen molar-refractivity contribution in [3.8, 4) is 0 Å². The van der Waals surface area contributed by atoms with Crippen LogP contribution >= 0.6 is 11.6 Å². The van der Waals surface area contributed by atoms with E-state index >= 15 is 0 Å². The third-order valence-corrected chi connectivity index (χ3v) is 4.22. The molecule has 1 aromatic rings. The number of hydrogen-bond donors (Lipinski definition) is 2. The molecule has 0 saturated carbocycles. The van der Waals surface area contributed by atoms with Crippen LogP contribution in [0.1, 0.15) is 34.1 Å². The Kier molecular flexibility index (Phi) is 3.51. The van der Waals surface area contributed by atoms with Crippen LogP contribution in [0, 0.1) is 0 Å². The van der Waals surface area contributed by atoms with Gasteiger partial charge in [0.15, 0.2) is 0 Å². The molecule has 1 aliphatic heterocycles. The molecule has 1 atom stereocenters. The fourth-order valence-electron chi connectivity index (χ4n) is 3.10. The van der Waals surface area contributed by atoms with Crippen LogP contribution in [-0.4, -0.2) is 22.6 Å². The Morgan fingerprint density at radius 3 is 2.35 bits per heavy atom. The summed E-state index contributed by atoms with van der Waals surface area (Å²) in [6.07, 6.45) is 0.480. The van der Waals surface area contributed by atoms with E-state index in [4.69, 9.17) is 22.1 Å². The summed E-state index contributed by atoms with van der Waals surface area (Å²) >= 11 is 6.18. The maximum absolute atomic E-state index is 12.2. The molecule has 110 valence electrons. The number of benzene rings is 1. The molecule has 1 heterocycles. The van der Waals surface area contributed by atoms with E-state index in [9.17, 15) is 4.79 Å². The number of primary amides is 1. The second kappa shape index (κ2) is 4.64. The molecule has 1 saturated heterocycles. The number of halogens is 1. The van der Waals surface area contributed by atoms with Gasteiger partial charge in [0.1, 0.15) is 5.54 Å². The van der Waals surface area contributed by atoms with E-state index < -0.39 is 22.6 Å². The molecule has 0 aromatic heterocycles. The first-order chi connectivity index (χ1) is 9.10. The van der Waals surface area contributed by atoms with Gasteiger partial charge in [0.25, 0.3) is 0 Å². The minimum atomic E-state index is -0.999. The summed E-state index contributed by atoms with van der Waals surface area (Å²) in [5.41, 5.74) is 4.21. The van der Waals surface area contributed by atoms with Crippen LogP contribution in [0.25, 0.3) is 0 Å². The molecule has 4 nitrogen and oxygen atoms in total. The monoisotopic (exact) mass is 296 g/mol.